The molecule has 0 amide bonds. The fourth-order valence-electron chi connectivity index (χ4n) is 5.70. The molecular formula is C34H30N4O6. The molecule has 0 spiro atoms. The number of aromatic nitrogens is 4. The lowest BCUT2D eigenvalue weighted by atomic mass is 9.99. The highest BCUT2D eigenvalue weighted by Gasteiger charge is 2.27. The number of aromatic amines is 2. The summed E-state index contributed by atoms with van der Waals surface area (Å²) in [7, 11) is 3.82. The number of aromatic hydroxyl groups is 1. The fourth-order valence-corrected chi connectivity index (χ4v) is 5.70. The van der Waals surface area contributed by atoms with Gasteiger partial charge in [0.1, 0.15) is 11.3 Å². The molecule has 0 aliphatic carbocycles. The molecule has 0 saturated heterocycles. The number of nitrogens with zero attached hydrogens (tertiary/aromatic N) is 2. The summed E-state index contributed by atoms with van der Waals surface area (Å²) < 4.78 is 8.89. The normalized spacial score (nSPS) is 11.4. The second-order valence-corrected chi connectivity index (χ2v) is 10.7. The topological polar surface area (TPSA) is 139 Å². The van der Waals surface area contributed by atoms with Crippen LogP contribution in [0.3, 0.4) is 0 Å². The van der Waals surface area contributed by atoms with E-state index in [-0.39, 0.29) is 6.42 Å². The zero-order valence-corrected chi connectivity index (χ0v) is 24.6. The first-order valence-electron chi connectivity index (χ1n) is 14.2. The van der Waals surface area contributed by atoms with Crippen LogP contribution in [0.15, 0.2) is 76.6 Å². The van der Waals surface area contributed by atoms with Crippen molar-refractivity contribution in [3.63, 3.8) is 0 Å². The SMILES string of the molecule is CCc1cc(C(=O)OC(=O)c2c(O)c(CC)c(-c3ccc4ccn(C)c4c3)[nH]c2=O)c(=O)[nH]c1-c1ccc2ccn(C)c2c1. The number of carbonyl (C=O) groups is 2. The number of fused-ring (bicyclic) bond motifs is 2. The average molecular weight is 591 g/mol. The summed E-state index contributed by atoms with van der Waals surface area (Å²) in [6.45, 7) is 3.64. The second-order valence-electron chi connectivity index (χ2n) is 10.7. The van der Waals surface area contributed by atoms with Crippen LogP contribution in [0.2, 0.25) is 0 Å². The van der Waals surface area contributed by atoms with E-state index in [4.69, 9.17) is 4.74 Å². The van der Waals surface area contributed by atoms with Crippen LogP contribution >= 0.6 is 0 Å². The molecule has 4 heterocycles. The van der Waals surface area contributed by atoms with Gasteiger partial charge in [-0.25, -0.2) is 9.59 Å². The van der Waals surface area contributed by atoms with Crippen molar-refractivity contribution in [3.8, 4) is 28.3 Å². The molecule has 3 N–H and O–H groups in total. The minimum absolute atomic E-state index is 0.271. The molecule has 44 heavy (non-hydrogen) atoms. The van der Waals surface area contributed by atoms with Crippen molar-refractivity contribution in [1.29, 1.82) is 0 Å². The molecule has 4 aromatic heterocycles. The number of ether oxygens (including phenoxy) is 1. The minimum Gasteiger partial charge on any atom is -0.506 e. The average Bonchev–Trinajstić information content (AvgIpc) is 3.57. The molecule has 0 aliphatic rings. The smallest absolute Gasteiger partial charge is 0.355 e. The number of carbonyl (C=O) groups excluding carboxylic acids is 2. The highest BCUT2D eigenvalue weighted by molar-refractivity contribution is 6.04. The first-order valence-corrected chi connectivity index (χ1v) is 14.2. The van der Waals surface area contributed by atoms with Crippen LogP contribution in [0, 0.1) is 0 Å². The van der Waals surface area contributed by atoms with Gasteiger partial charge in [-0.3, -0.25) is 9.59 Å². The molecule has 10 heteroatoms. The van der Waals surface area contributed by atoms with Gasteiger partial charge in [-0.1, -0.05) is 38.1 Å². The van der Waals surface area contributed by atoms with Crippen molar-refractivity contribution in [2.75, 3.05) is 0 Å². The van der Waals surface area contributed by atoms with Crippen LogP contribution in [0.1, 0.15) is 45.7 Å². The largest absolute Gasteiger partial charge is 0.506 e. The molecule has 0 radical (unpaired) electrons. The summed E-state index contributed by atoms with van der Waals surface area (Å²) >= 11 is 0. The van der Waals surface area contributed by atoms with Gasteiger partial charge in [0.05, 0.1) is 11.4 Å². The van der Waals surface area contributed by atoms with Crippen molar-refractivity contribution in [2.24, 2.45) is 14.1 Å². The van der Waals surface area contributed by atoms with E-state index in [9.17, 15) is 24.3 Å². The van der Waals surface area contributed by atoms with Crippen LogP contribution < -0.4 is 11.1 Å². The molecule has 0 atom stereocenters. The number of benzene rings is 2. The van der Waals surface area contributed by atoms with E-state index in [2.05, 4.69) is 9.97 Å². The molecule has 222 valence electrons. The van der Waals surface area contributed by atoms with Crippen molar-refractivity contribution in [2.45, 2.75) is 26.7 Å². The predicted molar refractivity (Wildman–Crippen MR) is 168 cm³/mol. The third kappa shape index (κ3) is 4.70. The molecule has 6 aromatic rings. The number of hydrogen-bond acceptors (Lipinski definition) is 6. The third-order valence-electron chi connectivity index (χ3n) is 8.11. The number of esters is 2. The number of rotatable bonds is 6. The van der Waals surface area contributed by atoms with E-state index in [0.29, 0.717) is 34.5 Å². The maximum Gasteiger partial charge on any atom is 0.355 e. The van der Waals surface area contributed by atoms with Crippen molar-refractivity contribution < 1.29 is 19.4 Å². The van der Waals surface area contributed by atoms with E-state index in [1.54, 1.807) is 6.92 Å². The summed E-state index contributed by atoms with van der Waals surface area (Å²) in [6, 6.07) is 16.7. The Balaban J connectivity index is 1.33. The van der Waals surface area contributed by atoms with Crippen molar-refractivity contribution in [3.05, 3.63) is 110 Å². The van der Waals surface area contributed by atoms with Gasteiger partial charge in [0, 0.05) is 54.2 Å². The number of aryl methyl sites for hydroxylation is 3. The quantitative estimate of drug-likeness (QED) is 0.180. The van der Waals surface area contributed by atoms with E-state index in [0.717, 1.165) is 27.4 Å². The zero-order valence-electron chi connectivity index (χ0n) is 24.6. The van der Waals surface area contributed by atoms with E-state index in [1.807, 2.05) is 91.1 Å². The van der Waals surface area contributed by atoms with Crippen LogP contribution in [0.4, 0.5) is 0 Å². The molecule has 0 bridgehead atoms. The zero-order chi connectivity index (χ0) is 31.3. The third-order valence-corrected chi connectivity index (χ3v) is 8.11. The lowest BCUT2D eigenvalue weighted by molar-refractivity contribution is 0.0393. The Morgan fingerprint density at radius 3 is 1.89 bits per heavy atom. The molecule has 2 aromatic carbocycles. The highest BCUT2D eigenvalue weighted by Crippen LogP contribution is 2.32. The highest BCUT2D eigenvalue weighted by atomic mass is 16.6. The molecule has 0 fully saturated rings. The lowest BCUT2D eigenvalue weighted by Crippen LogP contribution is -2.27. The van der Waals surface area contributed by atoms with Crippen LogP contribution in [0.5, 0.6) is 5.75 Å². The maximum absolute atomic E-state index is 13.1. The van der Waals surface area contributed by atoms with Gasteiger partial charge in [0.25, 0.3) is 11.1 Å². The first kappa shape index (κ1) is 28.5. The first-order chi connectivity index (χ1) is 21.1. The number of pyridine rings is 2. The summed E-state index contributed by atoms with van der Waals surface area (Å²) in [6.07, 6.45) is 4.60. The Hall–Kier alpha value is -5.64. The van der Waals surface area contributed by atoms with Gasteiger partial charge in [-0.05, 0) is 59.5 Å². The Morgan fingerprint density at radius 2 is 1.32 bits per heavy atom. The monoisotopic (exact) mass is 590 g/mol. The summed E-state index contributed by atoms with van der Waals surface area (Å²) in [4.78, 5) is 57.8. The van der Waals surface area contributed by atoms with Gasteiger partial charge < -0.3 is 28.9 Å². The van der Waals surface area contributed by atoms with E-state index < -0.39 is 39.9 Å². The summed E-state index contributed by atoms with van der Waals surface area (Å²) in [5.41, 5.74) is 2.40. The Bertz CT molecular complexity index is 2250. The molecular weight excluding hydrogens is 560 g/mol. The van der Waals surface area contributed by atoms with E-state index in [1.165, 1.54) is 6.07 Å². The maximum atomic E-state index is 13.1. The standard InChI is InChI=1S/C34H30N4O6/c1-5-18-15-24(31(40)35-28(18)21-9-7-19-11-13-37(3)25(19)16-21)33(42)44-34(43)27-30(39)23(6-2)29(36-32(27)41)22-10-8-20-12-14-38(4)26(20)17-22/h7-17H,5-6H2,1-4H3,(H,35,40)(H2,36,39,41). The molecule has 6 rings (SSSR count). The van der Waals surface area contributed by atoms with Crippen molar-refractivity contribution >= 4 is 33.7 Å². The van der Waals surface area contributed by atoms with Crippen molar-refractivity contribution in [1.82, 2.24) is 19.1 Å². The van der Waals surface area contributed by atoms with Crippen LogP contribution in [-0.2, 0) is 31.7 Å². The molecule has 0 aliphatic heterocycles. The van der Waals surface area contributed by atoms with Gasteiger partial charge in [-0.15, -0.1) is 0 Å². The predicted octanol–water partition coefficient (Wildman–Crippen LogP) is 5.21. The summed E-state index contributed by atoms with van der Waals surface area (Å²) in [5.74, 6) is -3.17. The molecule has 0 unspecified atom stereocenters. The molecule has 0 saturated carbocycles. The van der Waals surface area contributed by atoms with Gasteiger partial charge >= 0.3 is 11.9 Å². The fraction of sp³-hybridized carbons (Fsp3) is 0.176. The second kappa shape index (κ2) is 10.9. The van der Waals surface area contributed by atoms with Gasteiger partial charge in [0.2, 0.25) is 0 Å². The Labute approximate surface area is 251 Å². The molecule has 10 nitrogen and oxygen atoms in total. The summed E-state index contributed by atoms with van der Waals surface area (Å²) in [5, 5.41) is 13.1. The van der Waals surface area contributed by atoms with E-state index >= 15 is 0 Å². The number of nitrogens with one attached hydrogen (secondary N) is 2. The number of hydrogen-bond donors (Lipinski definition) is 3. The van der Waals surface area contributed by atoms with Crippen LogP contribution in [-0.4, -0.2) is 36.1 Å². The number of H-pyrrole nitrogens is 2. The van der Waals surface area contributed by atoms with Gasteiger partial charge in [-0.2, -0.15) is 0 Å². The van der Waals surface area contributed by atoms with Gasteiger partial charge in [0.15, 0.2) is 5.56 Å². The minimum atomic E-state index is -1.36. The Morgan fingerprint density at radius 1 is 0.750 bits per heavy atom. The Kier molecular flexibility index (Phi) is 7.05. The lowest BCUT2D eigenvalue weighted by Gasteiger charge is -2.14. The van der Waals surface area contributed by atoms with Crippen LogP contribution in [0.25, 0.3) is 44.3 Å².